The number of nitrogens with zero attached hydrogens (tertiary/aromatic N) is 2. The van der Waals surface area contributed by atoms with E-state index in [0.29, 0.717) is 31.3 Å². The van der Waals surface area contributed by atoms with Gasteiger partial charge in [0.1, 0.15) is 6.10 Å². The zero-order valence-corrected chi connectivity index (χ0v) is 16.2. The Morgan fingerprint density at radius 1 is 1.33 bits per heavy atom. The van der Waals surface area contributed by atoms with Gasteiger partial charge in [0, 0.05) is 23.7 Å². The minimum absolute atomic E-state index is 0.0497. The first-order valence-electron chi connectivity index (χ1n) is 9.34. The monoisotopic (exact) mass is 395 g/mol. The van der Waals surface area contributed by atoms with Gasteiger partial charge in [0.05, 0.1) is 19.7 Å². The number of aliphatic carboxylic acids is 1. The van der Waals surface area contributed by atoms with Gasteiger partial charge in [-0.3, -0.25) is 9.69 Å². The highest BCUT2D eigenvalue weighted by molar-refractivity contribution is 6.30. The van der Waals surface area contributed by atoms with Crippen LogP contribution in [0.4, 0.5) is 4.79 Å². The maximum absolute atomic E-state index is 12.6. The van der Waals surface area contributed by atoms with Gasteiger partial charge in [0.2, 0.25) is 0 Å². The van der Waals surface area contributed by atoms with Gasteiger partial charge >= 0.3 is 12.0 Å². The Balaban J connectivity index is 1.47. The minimum atomic E-state index is -0.814. The van der Waals surface area contributed by atoms with Crippen molar-refractivity contribution in [2.75, 3.05) is 32.8 Å². The molecule has 0 bridgehead atoms. The smallest absolute Gasteiger partial charge is 0.317 e. The Kier molecular flexibility index (Phi) is 6.57. The molecule has 2 N–H and O–H groups in total. The topological polar surface area (TPSA) is 82.1 Å². The Hall–Kier alpha value is -1.83. The highest BCUT2D eigenvalue weighted by atomic mass is 35.5. The van der Waals surface area contributed by atoms with Crippen LogP contribution in [-0.2, 0) is 9.53 Å². The first kappa shape index (κ1) is 19.9. The Morgan fingerprint density at radius 3 is 2.67 bits per heavy atom. The van der Waals surface area contributed by atoms with Crippen LogP contribution in [0.15, 0.2) is 24.3 Å². The number of hydrogen-bond donors (Lipinski definition) is 2. The van der Waals surface area contributed by atoms with Crippen molar-refractivity contribution in [2.24, 2.45) is 0 Å². The third-order valence-electron chi connectivity index (χ3n) is 5.30. The van der Waals surface area contributed by atoms with Crippen molar-refractivity contribution in [1.29, 1.82) is 0 Å². The summed E-state index contributed by atoms with van der Waals surface area (Å²) in [7, 11) is 0. The summed E-state index contributed by atoms with van der Waals surface area (Å²) in [6.07, 6.45) is 1.43. The predicted molar refractivity (Wildman–Crippen MR) is 102 cm³/mol. The number of carbonyl (C=O) groups is 2. The zero-order valence-electron chi connectivity index (χ0n) is 15.4. The number of carboxylic acid groups (broad SMARTS) is 1. The lowest BCUT2D eigenvalue weighted by molar-refractivity contribution is -0.139. The molecule has 2 fully saturated rings. The van der Waals surface area contributed by atoms with Crippen molar-refractivity contribution < 1.29 is 19.4 Å². The first-order chi connectivity index (χ1) is 13.0. The van der Waals surface area contributed by atoms with E-state index < -0.39 is 5.97 Å². The van der Waals surface area contributed by atoms with Crippen LogP contribution < -0.4 is 5.32 Å². The van der Waals surface area contributed by atoms with Crippen molar-refractivity contribution in [3.05, 3.63) is 34.9 Å². The van der Waals surface area contributed by atoms with Crippen molar-refractivity contribution in [1.82, 2.24) is 15.1 Å². The molecular formula is C19H26ClN3O4. The molecule has 1 saturated carbocycles. The van der Waals surface area contributed by atoms with E-state index in [1.165, 1.54) is 0 Å². The number of halogens is 1. The van der Waals surface area contributed by atoms with Crippen LogP contribution >= 0.6 is 11.6 Å². The molecule has 148 valence electrons. The van der Waals surface area contributed by atoms with E-state index >= 15 is 0 Å². The van der Waals surface area contributed by atoms with Gasteiger partial charge < -0.3 is 20.1 Å². The van der Waals surface area contributed by atoms with Crippen LogP contribution in [0.3, 0.4) is 0 Å². The van der Waals surface area contributed by atoms with Crippen LogP contribution in [0.1, 0.15) is 31.4 Å². The van der Waals surface area contributed by atoms with E-state index in [4.69, 9.17) is 21.4 Å². The summed E-state index contributed by atoms with van der Waals surface area (Å²) in [6.45, 7) is 4.27. The van der Waals surface area contributed by atoms with E-state index in [9.17, 15) is 9.59 Å². The second-order valence-electron chi connectivity index (χ2n) is 7.09. The van der Waals surface area contributed by atoms with Gasteiger partial charge in [-0.1, -0.05) is 30.7 Å². The van der Waals surface area contributed by atoms with Crippen molar-refractivity contribution in [3.8, 4) is 0 Å². The average molecular weight is 396 g/mol. The number of carboxylic acids is 1. The summed E-state index contributed by atoms with van der Waals surface area (Å²) in [6, 6.07) is 7.74. The molecule has 27 heavy (non-hydrogen) atoms. The number of amides is 2. The van der Waals surface area contributed by atoms with Gasteiger partial charge in [0.25, 0.3) is 0 Å². The number of hydrogen-bond acceptors (Lipinski definition) is 4. The molecule has 1 aromatic rings. The second-order valence-corrected chi connectivity index (χ2v) is 7.52. The number of urea groups is 1. The lowest BCUT2D eigenvalue weighted by Crippen LogP contribution is -2.57. The number of morpholine rings is 1. The normalized spacial score (nSPS) is 25.1. The fourth-order valence-corrected chi connectivity index (χ4v) is 3.78. The molecule has 1 heterocycles. The Labute approximate surface area is 164 Å². The number of likely N-dealkylation sites (N-methyl/N-ethyl adjacent to an activating group) is 1. The SMILES string of the molecule is CCN(CC(=O)O)C1CC(NC(=O)N2CCOC(c3ccc(Cl)cc3)C2)C1. The number of ether oxygens (including phenoxy) is 1. The van der Waals surface area contributed by atoms with Crippen LogP contribution in [0.25, 0.3) is 0 Å². The van der Waals surface area contributed by atoms with Crippen LogP contribution in [0, 0.1) is 0 Å². The predicted octanol–water partition coefficient (Wildman–Crippen LogP) is 2.36. The molecule has 8 heteroatoms. The number of benzene rings is 1. The standard InChI is InChI=1S/C19H26ClN3O4/c1-2-22(12-18(24)25)16-9-15(10-16)21-19(26)23-7-8-27-17(11-23)13-3-5-14(20)6-4-13/h3-6,15-17H,2,7-12H2,1H3,(H,21,26)(H,24,25). The summed E-state index contributed by atoms with van der Waals surface area (Å²) in [5.74, 6) is -0.814. The second kappa shape index (κ2) is 8.91. The minimum Gasteiger partial charge on any atom is -0.480 e. The molecule has 2 amide bonds. The molecule has 1 aliphatic carbocycles. The summed E-state index contributed by atoms with van der Waals surface area (Å²) >= 11 is 5.93. The van der Waals surface area contributed by atoms with Gasteiger partial charge in [-0.2, -0.15) is 0 Å². The van der Waals surface area contributed by atoms with E-state index in [-0.39, 0.29) is 30.8 Å². The summed E-state index contributed by atoms with van der Waals surface area (Å²) in [4.78, 5) is 27.2. The van der Waals surface area contributed by atoms with Crippen molar-refractivity contribution in [2.45, 2.75) is 38.0 Å². The third kappa shape index (κ3) is 5.12. The fraction of sp³-hybridized carbons (Fsp3) is 0.579. The zero-order chi connectivity index (χ0) is 19.4. The van der Waals surface area contributed by atoms with E-state index in [1.807, 2.05) is 36.1 Å². The number of nitrogens with one attached hydrogen (secondary N) is 1. The Morgan fingerprint density at radius 2 is 2.04 bits per heavy atom. The molecule has 3 rings (SSSR count). The lowest BCUT2D eigenvalue weighted by Gasteiger charge is -2.43. The largest absolute Gasteiger partial charge is 0.480 e. The molecule has 0 spiro atoms. The molecule has 1 aromatic carbocycles. The molecule has 1 aliphatic heterocycles. The highest BCUT2D eigenvalue weighted by Crippen LogP contribution is 2.27. The third-order valence-corrected chi connectivity index (χ3v) is 5.55. The summed E-state index contributed by atoms with van der Waals surface area (Å²) < 4.78 is 5.80. The van der Waals surface area contributed by atoms with Crippen LogP contribution in [-0.4, -0.2) is 71.8 Å². The fourth-order valence-electron chi connectivity index (χ4n) is 3.66. The van der Waals surface area contributed by atoms with E-state index in [0.717, 1.165) is 18.4 Å². The van der Waals surface area contributed by atoms with Crippen molar-refractivity contribution >= 4 is 23.6 Å². The number of carbonyl (C=O) groups excluding carboxylic acids is 1. The molecule has 0 radical (unpaired) electrons. The molecule has 1 unspecified atom stereocenters. The summed E-state index contributed by atoms with van der Waals surface area (Å²) in [5.41, 5.74) is 1.01. The number of rotatable bonds is 6. The maximum Gasteiger partial charge on any atom is 0.317 e. The van der Waals surface area contributed by atoms with Crippen molar-refractivity contribution in [3.63, 3.8) is 0 Å². The quantitative estimate of drug-likeness (QED) is 0.772. The van der Waals surface area contributed by atoms with E-state index in [1.54, 1.807) is 4.90 Å². The molecular weight excluding hydrogens is 370 g/mol. The van der Waals surface area contributed by atoms with Gasteiger partial charge in [-0.25, -0.2) is 4.79 Å². The van der Waals surface area contributed by atoms with Gasteiger partial charge in [0.15, 0.2) is 0 Å². The molecule has 1 saturated heterocycles. The molecule has 1 atom stereocenters. The van der Waals surface area contributed by atoms with E-state index in [2.05, 4.69) is 5.32 Å². The maximum atomic E-state index is 12.6. The average Bonchev–Trinajstić information content (AvgIpc) is 2.63. The van der Waals surface area contributed by atoms with Crippen LogP contribution in [0.2, 0.25) is 5.02 Å². The Bertz CT molecular complexity index is 663. The lowest BCUT2D eigenvalue weighted by atomic mass is 9.85. The first-order valence-corrected chi connectivity index (χ1v) is 9.72. The van der Waals surface area contributed by atoms with Gasteiger partial charge in [-0.15, -0.1) is 0 Å². The molecule has 0 aromatic heterocycles. The molecule has 2 aliphatic rings. The summed E-state index contributed by atoms with van der Waals surface area (Å²) in [5, 5.41) is 12.7. The van der Waals surface area contributed by atoms with Crippen LogP contribution in [0.5, 0.6) is 0 Å². The molecule has 7 nitrogen and oxygen atoms in total. The van der Waals surface area contributed by atoms with Gasteiger partial charge in [-0.05, 0) is 37.1 Å². The highest BCUT2D eigenvalue weighted by Gasteiger charge is 2.36.